The summed E-state index contributed by atoms with van der Waals surface area (Å²) in [6, 6.07) is 12.0. The number of benzene rings is 2. The monoisotopic (exact) mass is 430 g/mol. The number of nitrogens with zero attached hydrogens (tertiary/aromatic N) is 1. The van der Waals surface area contributed by atoms with Gasteiger partial charge in [0.25, 0.3) is 5.91 Å². The summed E-state index contributed by atoms with van der Waals surface area (Å²) in [6.07, 6.45) is 5.11. The topological polar surface area (TPSA) is 75.7 Å². The second-order valence-corrected chi connectivity index (χ2v) is 9.82. The van der Waals surface area contributed by atoms with E-state index in [0.29, 0.717) is 12.1 Å². The second kappa shape index (κ2) is 9.62. The molecule has 1 amide bonds. The highest BCUT2D eigenvalue weighted by atomic mass is 32.2. The summed E-state index contributed by atoms with van der Waals surface area (Å²) in [6.45, 7) is 2.32. The van der Waals surface area contributed by atoms with E-state index in [1.807, 2.05) is 25.1 Å². The van der Waals surface area contributed by atoms with Crippen molar-refractivity contribution in [3.05, 3.63) is 59.2 Å². The number of carbonyl (C=O) groups is 1. The lowest BCUT2D eigenvalue weighted by Gasteiger charge is -2.30. The molecule has 0 spiro atoms. The van der Waals surface area contributed by atoms with E-state index in [1.165, 1.54) is 22.9 Å². The molecule has 0 radical (unpaired) electrons. The van der Waals surface area contributed by atoms with Gasteiger partial charge in [0.15, 0.2) is 0 Å². The first-order chi connectivity index (χ1) is 14.3. The highest BCUT2D eigenvalue weighted by Crippen LogP contribution is 2.26. The SMILES string of the molecule is COc1cc(CNC(=O)c2ccc(S(=O)(=O)N(C)C3CCCCC3)cc2)ccc1C. The Labute approximate surface area is 179 Å². The Kier molecular flexibility index (Phi) is 7.15. The van der Waals surface area contributed by atoms with Crippen LogP contribution in [0, 0.1) is 6.92 Å². The van der Waals surface area contributed by atoms with E-state index in [-0.39, 0.29) is 16.8 Å². The van der Waals surface area contributed by atoms with E-state index >= 15 is 0 Å². The average molecular weight is 431 g/mol. The number of carbonyl (C=O) groups excluding carboxylic acids is 1. The number of methoxy groups -OCH3 is 1. The molecule has 0 bridgehead atoms. The molecule has 1 aliphatic carbocycles. The molecule has 1 saturated carbocycles. The third-order valence-electron chi connectivity index (χ3n) is 5.81. The van der Waals surface area contributed by atoms with Crippen LogP contribution in [0.15, 0.2) is 47.4 Å². The molecule has 7 heteroatoms. The molecule has 0 unspecified atom stereocenters. The zero-order valence-electron chi connectivity index (χ0n) is 17.8. The van der Waals surface area contributed by atoms with Crippen molar-refractivity contribution < 1.29 is 17.9 Å². The predicted molar refractivity (Wildman–Crippen MR) is 117 cm³/mol. The number of rotatable bonds is 7. The molecule has 2 aromatic carbocycles. The van der Waals surface area contributed by atoms with Gasteiger partial charge >= 0.3 is 0 Å². The molecule has 162 valence electrons. The van der Waals surface area contributed by atoms with Crippen molar-refractivity contribution in [2.45, 2.75) is 56.5 Å². The molecule has 0 atom stereocenters. The molecule has 6 nitrogen and oxygen atoms in total. The lowest BCUT2D eigenvalue weighted by Crippen LogP contribution is -2.38. The lowest BCUT2D eigenvalue weighted by atomic mass is 9.96. The van der Waals surface area contributed by atoms with E-state index in [4.69, 9.17) is 4.74 Å². The average Bonchev–Trinajstić information content (AvgIpc) is 2.78. The minimum atomic E-state index is -3.56. The number of sulfonamides is 1. The van der Waals surface area contributed by atoms with E-state index < -0.39 is 10.0 Å². The van der Waals surface area contributed by atoms with Crippen LogP contribution in [0.5, 0.6) is 5.75 Å². The molecule has 2 aromatic rings. The van der Waals surface area contributed by atoms with E-state index in [2.05, 4.69) is 5.32 Å². The molecular formula is C23H30N2O4S. The summed E-state index contributed by atoms with van der Waals surface area (Å²) in [5.74, 6) is 0.525. The van der Waals surface area contributed by atoms with E-state index in [0.717, 1.165) is 42.6 Å². The third kappa shape index (κ3) is 5.02. The Balaban J connectivity index is 1.65. The van der Waals surface area contributed by atoms with Crippen molar-refractivity contribution >= 4 is 15.9 Å². The van der Waals surface area contributed by atoms with Crippen LogP contribution >= 0.6 is 0 Å². The van der Waals surface area contributed by atoms with Gasteiger partial charge in [0.2, 0.25) is 10.0 Å². The van der Waals surface area contributed by atoms with Crippen LogP contribution in [-0.2, 0) is 16.6 Å². The number of hydrogen-bond acceptors (Lipinski definition) is 4. The van der Waals surface area contributed by atoms with E-state index in [1.54, 1.807) is 26.3 Å². The van der Waals surface area contributed by atoms with Gasteiger partial charge in [-0.05, 0) is 61.2 Å². The summed E-state index contributed by atoms with van der Waals surface area (Å²) in [7, 11) is -0.289. The number of aryl methyl sites for hydroxylation is 1. The Morgan fingerprint density at radius 3 is 2.40 bits per heavy atom. The molecule has 1 aliphatic rings. The van der Waals surface area contributed by atoms with Crippen LogP contribution in [-0.4, -0.2) is 38.8 Å². The normalized spacial score (nSPS) is 15.2. The van der Waals surface area contributed by atoms with Gasteiger partial charge in [-0.2, -0.15) is 4.31 Å². The Morgan fingerprint density at radius 1 is 1.10 bits per heavy atom. The molecule has 0 aliphatic heterocycles. The van der Waals surface area contributed by atoms with Crippen LogP contribution in [0.25, 0.3) is 0 Å². The molecule has 3 rings (SSSR count). The standard InChI is InChI=1S/C23H30N2O4S/c1-17-9-10-18(15-22(17)29-3)16-24-23(26)19-11-13-21(14-12-19)30(27,28)25(2)20-7-5-4-6-8-20/h9-15,20H,4-8,16H2,1-3H3,(H,24,26). The Bertz CT molecular complexity index is 981. The van der Waals surface area contributed by atoms with Crippen molar-refractivity contribution in [3.63, 3.8) is 0 Å². The van der Waals surface area contributed by atoms with Gasteiger partial charge in [-0.3, -0.25) is 4.79 Å². The minimum absolute atomic E-state index is 0.0539. The van der Waals surface area contributed by atoms with Crippen molar-refractivity contribution in [2.75, 3.05) is 14.2 Å². The zero-order chi connectivity index (χ0) is 21.7. The summed E-state index contributed by atoms with van der Waals surface area (Å²) >= 11 is 0. The van der Waals surface area contributed by atoms with Crippen molar-refractivity contribution in [3.8, 4) is 5.75 Å². The van der Waals surface area contributed by atoms with Crippen LogP contribution in [0.1, 0.15) is 53.6 Å². The van der Waals surface area contributed by atoms with Gasteiger partial charge in [-0.1, -0.05) is 31.4 Å². The summed E-state index contributed by atoms with van der Waals surface area (Å²) in [4.78, 5) is 12.7. The first-order valence-corrected chi connectivity index (χ1v) is 11.8. The molecule has 0 heterocycles. The summed E-state index contributed by atoms with van der Waals surface area (Å²) < 4.78 is 32.7. The van der Waals surface area contributed by atoms with Gasteiger partial charge in [-0.15, -0.1) is 0 Å². The molecule has 0 saturated heterocycles. The summed E-state index contributed by atoms with van der Waals surface area (Å²) in [5.41, 5.74) is 2.38. The molecule has 0 aromatic heterocycles. The smallest absolute Gasteiger partial charge is 0.251 e. The highest BCUT2D eigenvalue weighted by Gasteiger charge is 2.29. The quantitative estimate of drug-likeness (QED) is 0.723. The number of hydrogen-bond donors (Lipinski definition) is 1. The Hall–Kier alpha value is -2.38. The molecular weight excluding hydrogens is 400 g/mol. The van der Waals surface area contributed by atoms with Gasteiger partial charge in [0.1, 0.15) is 5.75 Å². The molecule has 1 N–H and O–H groups in total. The fraction of sp³-hybridized carbons (Fsp3) is 0.435. The summed E-state index contributed by atoms with van der Waals surface area (Å²) in [5, 5.41) is 2.86. The van der Waals surface area contributed by atoms with Crippen LogP contribution in [0.3, 0.4) is 0 Å². The Morgan fingerprint density at radius 2 is 1.77 bits per heavy atom. The first kappa shape index (κ1) is 22.3. The van der Waals surface area contributed by atoms with Gasteiger partial charge in [0, 0.05) is 25.2 Å². The fourth-order valence-corrected chi connectivity index (χ4v) is 5.26. The van der Waals surface area contributed by atoms with Crippen molar-refractivity contribution in [1.82, 2.24) is 9.62 Å². The molecule has 30 heavy (non-hydrogen) atoms. The molecule has 1 fully saturated rings. The lowest BCUT2D eigenvalue weighted by molar-refractivity contribution is 0.0950. The van der Waals surface area contributed by atoms with Crippen LogP contribution < -0.4 is 10.1 Å². The zero-order valence-corrected chi connectivity index (χ0v) is 18.7. The predicted octanol–water partition coefficient (Wildman–Crippen LogP) is 3.89. The van der Waals surface area contributed by atoms with Gasteiger partial charge in [-0.25, -0.2) is 8.42 Å². The van der Waals surface area contributed by atoms with Crippen molar-refractivity contribution in [1.29, 1.82) is 0 Å². The second-order valence-electron chi connectivity index (χ2n) is 7.82. The highest BCUT2D eigenvalue weighted by molar-refractivity contribution is 7.89. The number of amides is 1. The third-order valence-corrected chi connectivity index (χ3v) is 7.73. The maximum atomic E-state index is 12.9. The van der Waals surface area contributed by atoms with E-state index in [9.17, 15) is 13.2 Å². The first-order valence-electron chi connectivity index (χ1n) is 10.3. The van der Waals surface area contributed by atoms with Crippen LogP contribution in [0.2, 0.25) is 0 Å². The fourth-order valence-electron chi connectivity index (χ4n) is 3.84. The van der Waals surface area contributed by atoms with Gasteiger partial charge < -0.3 is 10.1 Å². The maximum absolute atomic E-state index is 12.9. The number of nitrogens with one attached hydrogen (secondary N) is 1. The minimum Gasteiger partial charge on any atom is -0.496 e. The number of ether oxygens (including phenoxy) is 1. The maximum Gasteiger partial charge on any atom is 0.251 e. The van der Waals surface area contributed by atoms with Crippen LogP contribution in [0.4, 0.5) is 0 Å². The van der Waals surface area contributed by atoms with Gasteiger partial charge in [0.05, 0.1) is 12.0 Å². The largest absolute Gasteiger partial charge is 0.496 e. The van der Waals surface area contributed by atoms with Crippen molar-refractivity contribution in [2.24, 2.45) is 0 Å².